The molecular weight excluding hydrogens is 424 g/mol. The Morgan fingerprint density at radius 3 is 2.18 bits per heavy atom. The Kier molecular flexibility index (Phi) is 8.97. The summed E-state index contributed by atoms with van der Waals surface area (Å²) in [5.74, 6) is 2.19. The molecule has 0 spiro atoms. The second-order valence-electron chi connectivity index (χ2n) is 7.47. The summed E-state index contributed by atoms with van der Waals surface area (Å²) in [5, 5.41) is 3.03. The molecule has 8 heteroatoms. The number of rotatable bonds is 10. The average molecular weight is 457 g/mol. The molecule has 178 valence electrons. The number of hydrogen-bond donors (Lipinski definition) is 1. The van der Waals surface area contributed by atoms with Crippen LogP contribution in [-0.2, 0) is 9.53 Å². The molecule has 2 aromatic carbocycles. The predicted molar refractivity (Wildman–Crippen MR) is 126 cm³/mol. The number of carbonyl (C=O) groups excluding carboxylic acids is 1. The van der Waals surface area contributed by atoms with Gasteiger partial charge in [0.15, 0.2) is 11.5 Å². The third kappa shape index (κ3) is 6.40. The normalized spacial score (nSPS) is 15.2. The third-order valence-corrected chi connectivity index (χ3v) is 5.57. The molecule has 3 rings (SSSR count). The van der Waals surface area contributed by atoms with E-state index in [1.54, 1.807) is 46.6 Å². The van der Waals surface area contributed by atoms with Crippen LogP contribution in [0.2, 0.25) is 0 Å². The smallest absolute Gasteiger partial charge is 0.244 e. The quantitative estimate of drug-likeness (QED) is 0.551. The molecule has 2 aromatic rings. The van der Waals surface area contributed by atoms with E-state index in [1.165, 1.54) is 6.08 Å². The van der Waals surface area contributed by atoms with Crippen LogP contribution in [0.5, 0.6) is 23.0 Å². The van der Waals surface area contributed by atoms with Crippen molar-refractivity contribution in [1.29, 1.82) is 0 Å². The van der Waals surface area contributed by atoms with E-state index in [-0.39, 0.29) is 11.9 Å². The van der Waals surface area contributed by atoms with Gasteiger partial charge in [-0.05, 0) is 41.5 Å². The minimum absolute atomic E-state index is 0.0401. The second-order valence-corrected chi connectivity index (χ2v) is 7.47. The highest BCUT2D eigenvalue weighted by molar-refractivity contribution is 5.92. The first-order chi connectivity index (χ1) is 16.1. The molecule has 0 aliphatic carbocycles. The summed E-state index contributed by atoms with van der Waals surface area (Å²) < 4.78 is 26.9. The van der Waals surface area contributed by atoms with Gasteiger partial charge in [-0.3, -0.25) is 9.69 Å². The Morgan fingerprint density at radius 1 is 1.00 bits per heavy atom. The lowest BCUT2D eigenvalue weighted by Gasteiger charge is -2.34. The topological polar surface area (TPSA) is 78.5 Å². The molecule has 1 heterocycles. The Hall–Kier alpha value is -3.23. The van der Waals surface area contributed by atoms with Gasteiger partial charge < -0.3 is 29.0 Å². The van der Waals surface area contributed by atoms with E-state index < -0.39 is 0 Å². The average Bonchev–Trinajstić information content (AvgIpc) is 2.87. The fourth-order valence-corrected chi connectivity index (χ4v) is 3.80. The highest BCUT2D eigenvalue weighted by atomic mass is 16.5. The zero-order valence-corrected chi connectivity index (χ0v) is 19.6. The number of benzene rings is 2. The van der Waals surface area contributed by atoms with Gasteiger partial charge >= 0.3 is 0 Å². The summed E-state index contributed by atoms with van der Waals surface area (Å²) in [6.07, 6.45) is 3.22. The number of morpholine rings is 1. The molecule has 1 amide bonds. The van der Waals surface area contributed by atoms with Crippen molar-refractivity contribution in [3.63, 3.8) is 0 Å². The molecule has 0 saturated carbocycles. The van der Waals surface area contributed by atoms with Crippen LogP contribution in [0.4, 0.5) is 0 Å². The maximum absolute atomic E-state index is 12.6. The van der Waals surface area contributed by atoms with Crippen LogP contribution in [0.15, 0.2) is 42.5 Å². The van der Waals surface area contributed by atoms with E-state index in [9.17, 15) is 4.79 Å². The molecule has 0 radical (unpaired) electrons. The van der Waals surface area contributed by atoms with Crippen LogP contribution in [0, 0.1) is 0 Å². The van der Waals surface area contributed by atoms with Gasteiger partial charge in [-0.1, -0.05) is 12.1 Å². The highest BCUT2D eigenvalue weighted by Crippen LogP contribution is 2.38. The molecule has 1 aliphatic rings. The number of hydrogen-bond acceptors (Lipinski definition) is 7. The van der Waals surface area contributed by atoms with Gasteiger partial charge in [-0.15, -0.1) is 0 Å². The van der Waals surface area contributed by atoms with E-state index in [2.05, 4.69) is 10.2 Å². The first-order valence-electron chi connectivity index (χ1n) is 10.8. The van der Waals surface area contributed by atoms with Gasteiger partial charge in [-0.25, -0.2) is 0 Å². The molecule has 33 heavy (non-hydrogen) atoms. The Bertz CT molecular complexity index is 913. The molecule has 1 N–H and O–H groups in total. The van der Waals surface area contributed by atoms with Crippen molar-refractivity contribution in [3.05, 3.63) is 53.6 Å². The van der Waals surface area contributed by atoms with E-state index >= 15 is 0 Å². The molecule has 1 aliphatic heterocycles. The fourth-order valence-electron chi connectivity index (χ4n) is 3.80. The van der Waals surface area contributed by atoms with E-state index in [4.69, 9.17) is 23.7 Å². The number of nitrogens with zero attached hydrogens (tertiary/aromatic N) is 1. The van der Waals surface area contributed by atoms with Gasteiger partial charge in [0.1, 0.15) is 5.75 Å². The molecular formula is C25H32N2O6. The molecule has 1 fully saturated rings. The zero-order valence-electron chi connectivity index (χ0n) is 19.6. The number of methoxy groups -OCH3 is 4. The number of amides is 1. The van der Waals surface area contributed by atoms with Crippen LogP contribution in [0.3, 0.4) is 0 Å². The Labute approximate surface area is 195 Å². The van der Waals surface area contributed by atoms with Gasteiger partial charge in [0.25, 0.3) is 0 Å². The fraction of sp³-hybridized carbons (Fsp3) is 0.400. The van der Waals surface area contributed by atoms with E-state index in [0.29, 0.717) is 37.0 Å². The summed E-state index contributed by atoms with van der Waals surface area (Å²) in [7, 11) is 6.32. The van der Waals surface area contributed by atoms with Crippen molar-refractivity contribution in [3.8, 4) is 23.0 Å². The highest BCUT2D eigenvalue weighted by Gasteiger charge is 2.23. The lowest BCUT2D eigenvalue weighted by molar-refractivity contribution is -0.116. The van der Waals surface area contributed by atoms with Crippen LogP contribution >= 0.6 is 0 Å². The summed E-state index contributed by atoms with van der Waals surface area (Å²) in [6, 6.07) is 11.6. The maximum Gasteiger partial charge on any atom is 0.244 e. The molecule has 0 aromatic heterocycles. The van der Waals surface area contributed by atoms with Crippen molar-refractivity contribution in [1.82, 2.24) is 10.2 Å². The number of ether oxygens (including phenoxy) is 5. The minimum Gasteiger partial charge on any atom is -0.497 e. The third-order valence-electron chi connectivity index (χ3n) is 5.57. The van der Waals surface area contributed by atoms with E-state index in [0.717, 1.165) is 30.0 Å². The standard InChI is InChI=1S/C25H32N2O6/c1-29-20-8-6-19(7-9-20)21(27-11-13-33-14-12-27)17-26-24(28)10-5-18-15-22(30-2)25(32-4)23(16-18)31-3/h5-10,15-16,21H,11-14,17H2,1-4H3,(H,26,28)/b10-5+. The molecule has 1 atom stereocenters. The SMILES string of the molecule is COc1ccc(C(CNC(=O)/C=C/c2cc(OC)c(OC)c(OC)c2)N2CCOCC2)cc1. The van der Waals surface area contributed by atoms with Crippen LogP contribution in [-0.4, -0.2) is 72.1 Å². The zero-order chi connectivity index (χ0) is 23.6. The number of nitrogens with one attached hydrogen (secondary N) is 1. The first kappa shape index (κ1) is 24.4. The van der Waals surface area contributed by atoms with Gasteiger partial charge in [-0.2, -0.15) is 0 Å². The minimum atomic E-state index is -0.185. The summed E-state index contributed by atoms with van der Waals surface area (Å²) in [6.45, 7) is 3.47. The second kappa shape index (κ2) is 12.1. The number of carbonyl (C=O) groups is 1. The lowest BCUT2D eigenvalue weighted by atomic mass is 10.0. The predicted octanol–water partition coefficient (Wildman–Crippen LogP) is 2.92. The van der Waals surface area contributed by atoms with E-state index in [1.807, 2.05) is 24.3 Å². The van der Waals surface area contributed by atoms with Gasteiger partial charge in [0, 0.05) is 25.7 Å². The monoisotopic (exact) mass is 456 g/mol. The van der Waals surface area contributed by atoms with Gasteiger partial charge in [0.05, 0.1) is 47.7 Å². The van der Waals surface area contributed by atoms with Crippen molar-refractivity contribution in [2.75, 3.05) is 61.3 Å². The summed E-state index contributed by atoms with van der Waals surface area (Å²) in [5.41, 5.74) is 1.88. The lowest BCUT2D eigenvalue weighted by Crippen LogP contribution is -2.43. The van der Waals surface area contributed by atoms with Crippen LogP contribution < -0.4 is 24.3 Å². The van der Waals surface area contributed by atoms with Gasteiger partial charge in [0.2, 0.25) is 11.7 Å². The molecule has 1 saturated heterocycles. The Balaban J connectivity index is 1.70. The largest absolute Gasteiger partial charge is 0.497 e. The van der Waals surface area contributed by atoms with Crippen LogP contribution in [0.1, 0.15) is 17.2 Å². The van der Waals surface area contributed by atoms with Crippen molar-refractivity contribution in [2.24, 2.45) is 0 Å². The first-order valence-corrected chi connectivity index (χ1v) is 10.8. The summed E-state index contributed by atoms with van der Waals surface area (Å²) in [4.78, 5) is 14.9. The molecule has 8 nitrogen and oxygen atoms in total. The molecule has 1 unspecified atom stereocenters. The molecule has 0 bridgehead atoms. The van der Waals surface area contributed by atoms with Crippen LogP contribution in [0.25, 0.3) is 6.08 Å². The van der Waals surface area contributed by atoms with Crippen molar-refractivity contribution >= 4 is 12.0 Å². The maximum atomic E-state index is 12.6. The summed E-state index contributed by atoms with van der Waals surface area (Å²) >= 11 is 0. The Morgan fingerprint density at radius 2 is 1.64 bits per heavy atom. The van der Waals surface area contributed by atoms with Crippen molar-refractivity contribution < 1.29 is 28.5 Å². The van der Waals surface area contributed by atoms with Crippen molar-refractivity contribution in [2.45, 2.75) is 6.04 Å².